The largest absolute Gasteiger partial charge is 0.372 e. The van der Waals surface area contributed by atoms with Gasteiger partial charge in [0, 0.05) is 25.2 Å². The van der Waals surface area contributed by atoms with Crippen molar-refractivity contribution in [1.82, 2.24) is 4.90 Å². The predicted molar refractivity (Wildman–Crippen MR) is 85.0 cm³/mol. The van der Waals surface area contributed by atoms with Gasteiger partial charge in [-0.2, -0.15) is 0 Å². The Kier molecular flexibility index (Phi) is 5.06. The standard InChI is InChI=1S/C16H23ClN2O/c1-4-19-9-5-6-14(19)11-18(3)16-8-7-13(12(2)20)10-15(16)17/h7-8,10,14H,4-6,9,11H2,1-3H3. The van der Waals surface area contributed by atoms with Gasteiger partial charge < -0.3 is 4.90 Å². The summed E-state index contributed by atoms with van der Waals surface area (Å²) >= 11 is 6.32. The number of carbonyl (C=O) groups excluding carboxylic acids is 1. The monoisotopic (exact) mass is 294 g/mol. The van der Waals surface area contributed by atoms with Gasteiger partial charge in [0.25, 0.3) is 0 Å². The Bertz CT molecular complexity index is 489. The second-order valence-corrected chi connectivity index (χ2v) is 5.93. The molecule has 1 heterocycles. The second-order valence-electron chi connectivity index (χ2n) is 5.53. The number of ketones is 1. The molecule has 0 spiro atoms. The average Bonchev–Trinajstić information content (AvgIpc) is 2.85. The molecule has 20 heavy (non-hydrogen) atoms. The van der Waals surface area contributed by atoms with Crippen molar-refractivity contribution in [3.8, 4) is 0 Å². The van der Waals surface area contributed by atoms with Crippen LogP contribution in [0.1, 0.15) is 37.0 Å². The van der Waals surface area contributed by atoms with Crippen LogP contribution in [0, 0.1) is 0 Å². The molecule has 2 rings (SSSR count). The third kappa shape index (κ3) is 3.33. The van der Waals surface area contributed by atoms with Crippen LogP contribution in [0.25, 0.3) is 0 Å². The highest BCUT2D eigenvalue weighted by Gasteiger charge is 2.24. The molecular weight excluding hydrogens is 272 g/mol. The number of anilines is 1. The van der Waals surface area contributed by atoms with Crippen molar-refractivity contribution in [2.24, 2.45) is 0 Å². The number of carbonyl (C=O) groups is 1. The van der Waals surface area contributed by atoms with E-state index >= 15 is 0 Å². The number of halogens is 1. The van der Waals surface area contributed by atoms with Gasteiger partial charge in [0.2, 0.25) is 0 Å². The van der Waals surface area contributed by atoms with Crippen molar-refractivity contribution in [1.29, 1.82) is 0 Å². The molecule has 0 N–H and O–H groups in total. The maximum absolute atomic E-state index is 11.4. The normalized spacial score (nSPS) is 19.3. The van der Waals surface area contributed by atoms with E-state index in [0.717, 1.165) is 18.8 Å². The summed E-state index contributed by atoms with van der Waals surface area (Å²) in [4.78, 5) is 16.1. The number of hydrogen-bond donors (Lipinski definition) is 0. The molecule has 0 amide bonds. The van der Waals surface area contributed by atoms with Crippen molar-refractivity contribution >= 4 is 23.1 Å². The highest BCUT2D eigenvalue weighted by Crippen LogP contribution is 2.28. The molecule has 1 aromatic rings. The summed E-state index contributed by atoms with van der Waals surface area (Å²) in [7, 11) is 2.07. The van der Waals surface area contributed by atoms with E-state index in [0.29, 0.717) is 16.6 Å². The molecule has 0 bridgehead atoms. The van der Waals surface area contributed by atoms with Crippen LogP contribution in [0.3, 0.4) is 0 Å². The van der Waals surface area contributed by atoms with Gasteiger partial charge in [-0.15, -0.1) is 0 Å². The van der Waals surface area contributed by atoms with E-state index in [2.05, 4.69) is 23.8 Å². The molecule has 1 unspecified atom stereocenters. The maximum Gasteiger partial charge on any atom is 0.159 e. The van der Waals surface area contributed by atoms with E-state index in [4.69, 9.17) is 11.6 Å². The third-order valence-corrected chi connectivity index (χ3v) is 4.46. The number of nitrogens with zero attached hydrogens (tertiary/aromatic N) is 2. The van der Waals surface area contributed by atoms with Crippen LogP contribution in [0.2, 0.25) is 5.02 Å². The van der Waals surface area contributed by atoms with Gasteiger partial charge in [0.1, 0.15) is 0 Å². The lowest BCUT2D eigenvalue weighted by Crippen LogP contribution is -2.38. The second kappa shape index (κ2) is 6.59. The van der Waals surface area contributed by atoms with Crippen molar-refractivity contribution in [2.75, 3.05) is 31.6 Å². The van der Waals surface area contributed by atoms with Crippen LogP contribution in [0.4, 0.5) is 5.69 Å². The summed E-state index contributed by atoms with van der Waals surface area (Å²) in [6, 6.07) is 6.17. The Morgan fingerprint density at radius 3 is 2.85 bits per heavy atom. The zero-order valence-corrected chi connectivity index (χ0v) is 13.3. The molecule has 0 radical (unpaired) electrons. The molecule has 0 aliphatic carbocycles. The van der Waals surface area contributed by atoms with Crippen molar-refractivity contribution < 1.29 is 4.79 Å². The lowest BCUT2D eigenvalue weighted by Gasteiger charge is -2.29. The molecule has 0 saturated carbocycles. The van der Waals surface area contributed by atoms with Gasteiger partial charge in [-0.3, -0.25) is 9.69 Å². The molecule has 0 aromatic heterocycles. The van der Waals surface area contributed by atoms with Crippen LogP contribution in [-0.2, 0) is 0 Å². The molecule has 4 heteroatoms. The summed E-state index contributed by atoms with van der Waals surface area (Å²) in [5, 5.41) is 0.654. The summed E-state index contributed by atoms with van der Waals surface area (Å²) in [5.74, 6) is 0.0501. The van der Waals surface area contributed by atoms with Crippen molar-refractivity contribution in [3.63, 3.8) is 0 Å². The van der Waals surface area contributed by atoms with E-state index < -0.39 is 0 Å². The SMILES string of the molecule is CCN1CCCC1CN(C)c1ccc(C(C)=O)cc1Cl. The zero-order chi connectivity index (χ0) is 14.7. The lowest BCUT2D eigenvalue weighted by atomic mass is 10.1. The molecular formula is C16H23ClN2O. The highest BCUT2D eigenvalue weighted by atomic mass is 35.5. The van der Waals surface area contributed by atoms with Crippen LogP contribution in [0.15, 0.2) is 18.2 Å². The molecule has 1 atom stereocenters. The van der Waals surface area contributed by atoms with E-state index in [-0.39, 0.29) is 5.78 Å². The van der Waals surface area contributed by atoms with Crippen LogP contribution >= 0.6 is 11.6 Å². The van der Waals surface area contributed by atoms with Gasteiger partial charge in [-0.05, 0) is 51.1 Å². The number of likely N-dealkylation sites (tertiary alicyclic amines) is 1. The molecule has 3 nitrogen and oxygen atoms in total. The van der Waals surface area contributed by atoms with E-state index in [9.17, 15) is 4.79 Å². The predicted octanol–water partition coefficient (Wildman–Crippen LogP) is 3.46. The molecule has 1 fully saturated rings. The Morgan fingerprint density at radius 1 is 1.50 bits per heavy atom. The summed E-state index contributed by atoms with van der Waals surface area (Å²) < 4.78 is 0. The van der Waals surface area contributed by atoms with Gasteiger partial charge >= 0.3 is 0 Å². The number of hydrogen-bond acceptors (Lipinski definition) is 3. The van der Waals surface area contributed by atoms with Crippen molar-refractivity contribution in [3.05, 3.63) is 28.8 Å². The third-order valence-electron chi connectivity index (χ3n) is 4.16. The number of Topliss-reactive ketones (excluding diaryl/α,β-unsaturated/α-hetero) is 1. The van der Waals surface area contributed by atoms with Crippen LogP contribution in [0.5, 0.6) is 0 Å². The smallest absolute Gasteiger partial charge is 0.159 e. The minimum absolute atomic E-state index is 0.0501. The van der Waals surface area contributed by atoms with Gasteiger partial charge in [-0.25, -0.2) is 0 Å². The fourth-order valence-corrected chi connectivity index (χ4v) is 3.29. The maximum atomic E-state index is 11.4. The highest BCUT2D eigenvalue weighted by molar-refractivity contribution is 6.33. The average molecular weight is 295 g/mol. The molecule has 1 aliphatic heterocycles. The minimum Gasteiger partial charge on any atom is -0.372 e. The van der Waals surface area contributed by atoms with Gasteiger partial charge in [0.05, 0.1) is 10.7 Å². The van der Waals surface area contributed by atoms with Crippen molar-refractivity contribution in [2.45, 2.75) is 32.7 Å². The molecule has 110 valence electrons. The Balaban J connectivity index is 2.09. The van der Waals surface area contributed by atoms with E-state index in [1.807, 2.05) is 12.1 Å². The van der Waals surface area contributed by atoms with Crippen LogP contribution < -0.4 is 4.90 Å². The first-order valence-corrected chi connectivity index (χ1v) is 7.66. The molecule has 1 saturated heterocycles. The lowest BCUT2D eigenvalue weighted by molar-refractivity contribution is 0.101. The molecule has 1 aromatic carbocycles. The van der Waals surface area contributed by atoms with E-state index in [1.165, 1.54) is 19.4 Å². The number of likely N-dealkylation sites (N-methyl/N-ethyl adjacent to an activating group) is 2. The first-order chi connectivity index (χ1) is 9.52. The fourth-order valence-electron chi connectivity index (χ4n) is 2.97. The number of rotatable bonds is 5. The minimum atomic E-state index is 0.0501. The van der Waals surface area contributed by atoms with Gasteiger partial charge in [-0.1, -0.05) is 18.5 Å². The van der Waals surface area contributed by atoms with Gasteiger partial charge in [0.15, 0.2) is 5.78 Å². The van der Waals surface area contributed by atoms with Crippen LogP contribution in [-0.4, -0.2) is 43.4 Å². The summed E-state index contributed by atoms with van der Waals surface area (Å²) in [6.07, 6.45) is 2.53. The first kappa shape index (κ1) is 15.3. The quantitative estimate of drug-likeness (QED) is 0.777. The zero-order valence-electron chi connectivity index (χ0n) is 12.5. The summed E-state index contributed by atoms with van der Waals surface area (Å²) in [6.45, 7) is 7.06. The first-order valence-electron chi connectivity index (χ1n) is 7.28. The Morgan fingerprint density at radius 2 is 2.25 bits per heavy atom. The van der Waals surface area contributed by atoms with E-state index in [1.54, 1.807) is 13.0 Å². The summed E-state index contributed by atoms with van der Waals surface area (Å²) in [5.41, 5.74) is 1.67. The Hall–Kier alpha value is -1.06. The Labute approximate surface area is 126 Å². The molecule has 1 aliphatic rings. The topological polar surface area (TPSA) is 23.6 Å². The number of benzene rings is 1. The fraction of sp³-hybridized carbons (Fsp3) is 0.562.